The number of aliphatic hydroxyl groups is 2. The van der Waals surface area contributed by atoms with Crippen molar-refractivity contribution in [2.24, 2.45) is 0 Å². The van der Waals surface area contributed by atoms with Gasteiger partial charge in [0.25, 0.3) is 5.91 Å². The van der Waals surface area contributed by atoms with Crippen molar-refractivity contribution in [3.05, 3.63) is 159 Å². The highest BCUT2D eigenvalue weighted by Crippen LogP contribution is 2.44. The van der Waals surface area contributed by atoms with Crippen LogP contribution in [-0.2, 0) is 35.1 Å². The van der Waals surface area contributed by atoms with Gasteiger partial charge in [0, 0.05) is 40.8 Å². The summed E-state index contributed by atoms with van der Waals surface area (Å²) in [6, 6.07) is 31.6. The van der Waals surface area contributed by atoms with Crippen LogP contribution in [0.15, 0.2) is 132 Å². The van der Waals surface area contributed by atoms with Crippen molar-refractivity contribution in [2.75, 3.05) is 38.8 Å². The number of nitrogens with one attached hydrogen (secondary N) is 3. The zero-order valence-corrected chi connectivity index (χ0v) is 39.6. The van der Waals surface area contributed by atoms with Crippen molar-refractivity contribution in [1.29, 1.82) is 0 Å². The van der Waals surface area contributed by atoms with Crippen LogP contribution in [0.3, 0.4) is 0 Å². The van der Waals surface area contributed by atoms with Crippen LogP contribution in [0, 0.1) is 5.82 Å². The van der Waals surface area contributed by atoms with Crippen molar-refractivity contribution < 1.29 is 48.0 Å². The van der Waals surface area contributed by atoms with Gasteiger partial charge >= 0.3 is 11.9 Å². The minimum atomic E-state index is -1.19. The number of aliphatic hydroxyl groups excluding tert-OH is 2. The lowest BCUT2D eigenvalue weighted by molar-refractivity contribution is -0.139. The molecule has 0 spiro atoms. The lowest BCUT2D eigenvalue weighted by Gasteiger charge is -2.31. The SMILES string of the molecule is CCOC(=O)C1=C(COCCNC(=O)CC(O)CC(O)CCn2c(-c3ccc(F)cc3)c(-c3ccccc3)c(C(=O)Nc3ccccc3)c2C(C)C)NC(C)=C(C(=O)OC)C1c1ccccc1Cl. The molecule has 0 aliphatic carbocycles. The number of para-hydroxylation sites is 1. The zero-order valence-electron chi connectivity index (χ0n) is 38.8. The van der Waals surface area contributed by atoms with Gasteiger partial charge in [-0.15, -0.1) is 0 Å². The third-order valence-electron chi connectivity index (χ3n) is 11.5. The quantitative estimate of drug-likeness (QED) is 0.0353. The fourth-order valence-electron chi connectivity index (χ4n) is 8.59. The summed E-state index contributed by atoms with van der Waals surface area (Å²) in [7, 11) is 1.25. The van der Waals surface area contributed by atoms with Crippen LogP contribution in [0.25, 0.3) is 22.4 Å². The van der Waals surface area contributed by atoms with Crippen molar-refractivity contribution in [1.82, 2.24) is 15.2 Å². The first kappa shape index (κ1) is 50.8. The number of rotatable bonds is 21. The van der Waals surface area contributed by atoms with Gasteiger partial charge in [0.05, 0.1) is 79.6 Å². The zero-order chi connectivity index (χ0) is 48.9. The van der Waals surface area contributed by atoms with Crippen molar-refractivity contribution in [3.8, 4) is 22.4 Å². The molecule has 2 amide bonds. The first-order valence-corrected chi connectivity index (χ1v) is 23.0. The van der Waals surface area contributed by atoms with E-state index in [4.69, 9.17) is 25.8 Å². The topological polar surface area (TPSA) is 177 Å². The molecular formula is C53H58ClFN4O9. The van der Waals surface area contributed by atoms with E-state index >= 15 is 0 Å². The normalized spacial score (nSPS) is 14.6. The molecule has 358 valence electrons. The van der Waals surface area contributed by atoms with Gasteiger partial charge in [0.2, 0.25) is 5.91 Å². The Morgan fingerprint density at radius 1 is 0.853 bits per heavy atom. The average molecular weight is 950 g/mol. The third kappa shape index (κ3) is 12.3. The van der Waals surface area contributed by atoms with E-state index in [1.807, 2.05) is 79.1 Å². The molecular weight excluding hydrogens is 891 g/mol. The molecule has 3 atom stereocenters. The number of anilines is 1. The molecule has 6 rings (SSSR count). The molecule has 15 heteroatoms. The summed E-state index contributed by atoms with van der Waals surface area (Å²) in [6.45, 7) is 7.61. The Hall–Kier alpha value is -6.58. The highest BCUT2D eigenvalue weighted by molar-refractivity contribution is 6.31. The second kappa shape index (κ2) is 23.9. The number of carbonyl (C=O) groups excluding carboxylic acids is 4. The number of dihydropyridines is 1. The van der Waals surface area contributed by atoms with Gasteiger partial charge in [-0.1, -0.05) is 92.2 Å². The molecule has 2 heterocycles. The second-order valence-corrected chi connectivity index (χ2v) is 17.1. The molecule has 0 bridgehead atoms. The number of esters is 2. The van der Waals surface area contributed by atoms with Crippen molar-refractivity contribution in [3.63, 3.8) is 0 Å². The molecule has 5 aromatic rings. The predicted octanol–water partition coefficient (Wildman–Crippen LogP) is 8.67. The highest BCUT2D eigenvalue weighted by atomic mass is 35.5. The molecule has 0 radical (unpaired) electrons. The first-order chi connectivity index (χ1) is 32.7. The van der Waals surface area contributed by atoms with E-state index in [0.29, 0.717) is 50.1 Å². The Morgan fingerprint density at radius 2 is 1.51 bits per heavy atom. The van der Waals surface area contributed by atoms with E-state index in [1.165, 1.54) is 19.2 Å². The van der Waals surface area contributed by atoms with E-state index in [2.05, 4.69) is 16.0 Å². The summed E-state index contributed by atoms with van der Waals surface area (Å²) in [5.74, 6) is -3.60. The number of carbonyl (C=O) groups is 4. The number of aromatic nitrogens is 1. The van der Waals surface area contributed by atoms with Gasteiger partial charge in [-0.3, -0.25) is 9.59 Å². The number of nitrogens with zero attached hydrogens (tertiary/aromatic N) is 1. The van der Waals surface area contributed by atoms with E-state index in [9.17, 15) is 33.8 Å². The van der Waals surface area contributed by atoms with Crippen LogP contribution in [-0.4, -0.2) is 84.2 Å². The third-order valence-corrected chi connectivity index (χ3v) is 11.9. The summed E-state index contributed by atoms with van der Waals surface area (Å²) in [5, 5.41) is 31.6. The van der Waals surface area contributed by atoms with E-state index in [-0.39, 0.29) is 75.1 Å². The maximum atomic E-state index is 14.4. The number of allylic oxidation sites excluding steroid dienone is 1. The number of hydrogen-bond acceptors (Lipinski definition) is 10. The summed E-state index contributed by atoms with van der Waals surface area (Å²) in [6.07, 6.45) is -2.46. The maximum Gasteiger partial charge on any atom is 0.336 e. The van der Waals surface area contributed by atoms with Gasteiger partial charge in [-0.2, -0.15) is 0 Å². The van der Waals surface area contributed by atoms with Gasteiger partial charge in [0.1, 0.15) is 5.82 Å². The largest absolute Gasteiger partial charge is 0.466 e. The number of halogens is 2. The highest BCUT2D eigenvalue weighted by Gasteiger charge is 2.40. The molecule has 0 fully saturated rings. The summed E-state index contributed by atoms with van der Waals surface area (Å²) >= 11 is 6.60. The lowest BCUT2D eigenvalue weighted by Crippen LogP contribution is -2.35. The number of benzene rings is 4. The Morgan fingerprint density at radius 3 is 2.16 bits per heavy atom. The minimum Gasteiger partial charge on any atom is -0.466 e. The molecule has 0 saturated carbocycles. The first-order valence-electron chi connectivity index (χ1n) is 22.6. The molecule has 1 aliphatic rings. The molecule has 0 saturated heterocycles. The number of hydrogen-bond donors (Lipinski definition) is 5. The smallest absolute Gasteiger partial charge is 0.336 e. The Kier molecular flexibility index (Phi) is 17.9. The molecule has 5 N–H and O–H groups in total. The number of methoxy groups -OCH3 is 1. The van der Waals surface area contributed by atoms with Gasteiger partial charge < -0.3 is 44.9 Å². The van der Waals surface area contributed by atoms with Crippen LogP contribution < -0.4 is 16.0 Å². The molecule has 68 heavy (non-hydrogen) atoms. The number of ether oxygens (including phenoxy) is 3. The molecule has 1 aromatic heterocycles. The fourth-order valence-corrected chi connectivity index (χ4v) is 8.83. The van der Waals surface area contributed by atoms with Crippen LogP contribution in [0.4, 0.5) is 10.1 Å². The van der Waals surface area contributed by atoms with Gasteiger partial charge in [-0.05, 0) is 91.8 Å². The Balaban J connectivity index is 1.12. The Labute approximate surface area is 401 Å². The number of amides is 2. The summed E-state index contributed by atoms with van der Waals surface area (Å²) < 4.78 is 32.7. The van der Waals surface area contributed by atoms with Crippen LogP contribution in [0.2, 0.25) is 5.02 Å². The molecule has 4 aromatic carbocycles. The molecule has 13 nitrogen and oxygen atoms in total. The van der Waals surface area contributed by atoms with Gasteiger partial charge in [0.15, 0.2) is 0 Å². The monoisotopic (exact) mass is 948 g/mol. The summed E-state index contributed by atoms with van der Waals surface area (Å²) in [4.78, 5) is 53.9. The summed E-state index contributed by atoms with van der Waals surface area (Å²) in [5.41, 5.74) is 6.21. The van der Waals surface area contributed by atoms with E-state index in [1.54, 1.807) is 50.2 Å². The van der Waals surface area contributed by atoms with Crippen molar-refractivity contribution in [2.45, 2.75) is 77.5 Å². The van der Waals surface area contributed by atoms with E-state index in [0.717, 1.165) is 11.3 Å². The maximum absolute atomic E-state index is 14.4. The fraction of sp³-hybridized carbons (Fsp3) is 0.321. The van der Waals surface area contributed by atoms with Gasteiger partial charge in [-0.25, -0.2) is 14.0 Å². The minimum absolute atomic E-state index is 0.0247. The Bertz CT molecular complexity index is 2630. The van der Waals surface area contributed by atoms with Crippen LogP contribution in [0.5, 0.6) is 0 Å². The van der Waals surface area contributed by atoms with Crippen LogP contribution in [0.1, 0.15) is 80.4 Å². The van der Waals surface area contributed by atoms with E-state index < -0.39 is 41.8 Å². The predicted molar refractivity (Wildman–Crippen MR) is 259 cm³/mol. The lowest BCUT2D eigenvalue weighted by atomic mass is 9.80. The van der Waals surface area contributed by atoms with Crippen LogP contribution >= 0.6 is 11.6 Å². The average Bonchev–Trinajstić information content (AvgIpc) is 3.67. The van der Waals surface area contributed by atoms with Crippen molar-refractivity contribution >= 4 is 41.0 Å². The molecule has 3 unspecified atom stereocenters. The second-order valence-electron chi connectivity index (χ2n) is 16.6. The standard InChI is InChI=1S/C53H58ClFN4O9/c1-6-68-53(65)47-42(57-33(4)44(52(64)66-5)46(47)40-19-13-14-20-41(40)54)31-67-28-26-56-43(62)30-39(61)29-38(60)25-27-59-49(32(2)3)48(51(63)58-37-17-11-8-12-18-37)45(34-15-9-7-10-16-34)50(59)35-21-23-36(55)24-22-35/h7-24,32,38-39,46,57,60-61H,6,25-31H2,1-5H3,(H,56,62)(H,58,63). The molecule has 1 aliphatic heterocycles.